The van der Waals surface area contributed by atoms with Crippen LogP contribution in [0, 0.1) is 0 Å². The van der Waals surface area contributed by atoms with Crippen LogP contribution in [0.2, 0.25) is 0 Å². The van der Waals surface area contributed by atoms with Crippen LogP contribution in [0.25, 0.3) is 296 Å². The highest BCUT2D eigenvalue weighted by atomic mass is 16.3. The Labute approximate surface area is 824 Å². The normalized spacial score (nSPS) is 11.8. The number of furan rings is 3. The van der Waals surface area contributed by atoms with E-state index in [0.717, 1.165) is 71.2 Å². The molecule has 0 aliphatic heterocycles. The topological polar surface area (TPSA) is 39.4 Å². The van der Waals surface area contributed by atoms with Crippen LogP contribution in [0.5, 0.6) is 0 Å². The molecule has 0 N–H and O–H groups in total. The van der Waals surface area contributed by atoms with E-state index in [1.165, 1.54) is 224 Å². The van der Waals surface area contributed by atoms with E-state index in [4.69, 9.17) is 13.3 Å². The molecule has 0 radical (unpaired) electrons. The summed E-state index contributed by atoms with van der Waals surface area (Å²) in [6, 6.07) is 189. The SMILES string of the molecule is c1cc(-c2ccc3oc4cc5ccccc5cc4c3c2)cc(-c2c3ccccc3c(-c3ccc(-c4ccc5ccccc5c4)cc3)c3ccccc23)c1.c1ccc(-c2cccc(-c3c4ccccc4c(-c4cccc(-c5ccc6oc7cc8ccccc8cc7c6c5)c4)c4ccccc34)c2)cc1.c1ccc2c(-c3c4ccccc4c(-c4ccc5oc6c7ccccc7ccc6c5c4)c4ccccc34)cccc2c1. The fourth-order valence-electron chi connectivity index (χ4n) is 23.0. The summed E-state index contributed by atoms with van der Waals surface area (Å²) < 4.78 is 19.1. The zero-order valence-electron chi connectivity index (χ0n) is 77.9. The van der Waals surface area contributed by atoms with Crippen LogP contribution < -0.4 is 0 Å². The average Bonchev–Trinajstić information content (AvgIpc) is 1.38. The summed E-state index contributed by atoms with van der Waals surface area (Å²) in [5.41, 5.74) is 30.1. The van der Waals surface area contributed by atoms with Crippen LogP contribution in [0.15, 0.2) is 535 Å². The summed E-state index contributed by atoms with van der Waals surface area (Å²) in [7, 11) is 0. The molecule has 0 atom stereocenters. The third-order valence-corrected chi connectivity index (χ3v) is 29.7. The van der Waals surface area contributed by atoms with Gasteiger partial charge in [0.05, 0.1) is 0 Å². The Hall–Kier alpha value is -18.8. The quantitative estimate of drug-likeness (QED) is 0.128. The molecule has 0 aliphatic rings. The number of hydrogen-bond acceptors (Lipinski definition) is 3. The Bertz CT molecular complexity index is 10300. The molecule has 0 fully saturated rings. The summed E-state index contributed by atoms with van der Waals surface area (Å²) in [6.45, 7) is 0. The molecule has 3 heteroatoms. The Kier molecular flexibility index (Phi) is 19.7. The van der Waals surface area contributed by atoms with Gasteiger partial charge in [-0.1, -0.05) is 431 Å². The lowest BCUT2D eigenvalue weighted by Gasteiger charge is -2.18. The molecule has 0 saturated carbocycles. The first-order valence-corrected chi connectivity index (χ1v) is 49.2. The molecule has 0 aliphatic carbocycles. The lowest BCUT2D eigenvalue weighted by atomic mass is 9.84. The smallest absolute Gasteiger partial charge is 0.143 e. The number of rotatable bonds is 10. The van der Waals surface area contributed by atoms with E-state index in [1.807, 2.05) is 0 Å². The highest BCUT2D eigenvalue weighted by Gasteiger charge is 2.25. The molecule has 30 rings (SSSR count). The summed E-state index contributed by atoms with van der Waals surface area (Å²) in [6.07, 6.45) is 0. The number of fused-ring (bicyclic) bond motifs is 21. The van der Waals surface area contributed by atoms with Crippen LogP contribution in [0.4, 0.5) is 0 Å². The minimum atomic E-state index is 0.910. The van der Waals surface area contributed by atoms with E-state index in [2.05, 4.69) is 522 Å². The van der Waals surface area contributed by atoms with Crippen LogP contribution in [-0.2, 0) is 0 Å². The van der Waals surface area contributed by atoms with Gasteiger partial charge in [-0.25, -0.2) is 0 Å². The van der Waals surface area contributed by atoms with Gasteiger partial charge in [-0.15, -0.1) is 0 Å². The molecule has 0 spiro atoms. The van der Waals surface area contributed by atoms with Gasteiger partial charge in [0.25, 0.3) is 0 Å². The third-order valence-electron chi connectivity index (χ3n) is 29.7. The number of hydrogen-bond donors (Lipinski definition) is 0. The van der Waals surface area contributed by atoms with E-state index in [0.29, 0.717) is 0 Å². The van der Waals surface area contributed by atoms with Crippen molar-refractivity contribution in [3.05, 3.63) is 522 Å². The first-order chi connectivity index (χ1) is 70.9. The zero-order chi connectivity index (χ0) is 94.1. The minimum absolute atomic E-state index is 0.910. The molecule has 3 heterocycles. The van der Waals surface area contributed by atoms with E-state index in [9.17, 15) is 0 Å². The molecule has 0 bridgehead atoms. The summed E-state index contributed by atoms with van der Waals surface area (Å²) in [4.78, 5) is 0. The van der Waals surface area contributed by atoms with Crippen LogP contribution in [0.1, 0.15) is 0 Å². The highest BCUT2D eigenvalue weighted by molar-refractivity contribution is 6.27. The predicted octanol–water partition coefficient (Wildman–Crippen LogP) is 40.1. The van der Waals surface area contributed by atoms with E-state index < -0.39 is 0 Å². The Morgan fingerprint density at radius 2 is 0.350 bits per heavy atom. The molecule has 0 amide bonds. The third kappa shape index (κ3) is 14.2. The van der Waals surface area contributed by atoms with Gasteiger partial charge in [0.1, 0.15) is 33.5 Å². The van der Waals surface area contributed by atoms with Crippen molar-refractivity contribution in [3.63, 3.8) is 0 Å². The first kappa shape index (κ1) is 82.5. The maximum atomic E-state index is 6.45. The standard InChI is InChI=1S/C52H32O.C48H30O.C40H24O/c1-2-11-36-28-40(25-22-33(36)10-1)34-20-23-35(24-21-34)51-43-16-5-7-18-45(43)52(46-19-8-6-17-44(46)51)42-15-9-14-37(29-42)41-26-27-49-47(31-41)48-30-38-12-3-4-13-39(38)32-50(48)53-49;1-2-12-31(13-3-1)32-16-10-18-37(26-32)47-39-20-6-8-22-41(39)48(42-23-9-7-21-40(42)47)38-19-11-17-33(27-38)36-24-25-45-43(29-36)44-28-34-14-4-5-15-35(34)30-46(44)49-45;1-3-13-28-25(10-1)12-9-19-30(28)39-33-17-7-5-15-31(33)38(32-16-6-8-18-34(32)39)27-21-23-37-36(24-27)35-22-20-26-11-2-4-14-29(26)40(35)41-37/h1-32H;1-30H;1-24H. The largest absolute Gasteiger partial charge is 0.456 e. The Balaban J connectivity index is 0.000000105. The Morgan fingerprint density at radius 1 is 0.0979 bits per heavy atom. The van der Waals surface area contributed by atoms with Crippen LogP contribution >= 0.6 is 0 Å². The first-order valence-electron chi connectivity index (χ1n) is 49.2. The molecule has 664 valence electrons. The molecular formula is C140H86O3. The molecule has 3 aromatic heterocycles. The van der Waals surface area contributed by atoms with Gasteiger partial charge in [-0.05, 0) is 315 Å². The van der Waals surface area contributed by atoms with Crippen molar-refractivity contribution in [1.82, 2.24) is 0 Å². The second kappa shape index (κ2) is 34.1. The second-order valence-corrected chi connectivity index (χ2v) is 37.8. The van der Waals surface area contributed by atoms with E-state index >= 15 is 0 Å². The minimum Gasteiger partial charge on any atom is -0.456 e. The van der Waals surface area contributed by atoms with Crippen molar-refractivity contribution in [2.45, 2.75) is 0 Å². The molecule has 27 aromatic carbocycles. The fraction of sp³-hybridized carbons (Fsp3) is 0. The lowest BCUT2D eigenvalue weighted by molar-refractivity contribution is 0.669. The highest BCUT2D eigenvalue weighted by Crippen LogP contribution is 2.52. The van der Waals surface area contributed by atoms with Crippen molar-refractivity contribution >= 4 is 184 Å². The van der Waals surface area contributed by atoms with Gasteiger partial charge in [-0.2, -0.15) is 0 Å². The molecule has 3 nitrogen and oxygen atoms in total. The van der Waals surface area contributed by atoms with Gasteiger partial charge in [0.15, 0.2) is 0 Å². The molecule has 0 saturated heterocycles. The van der Waals surface area contributed by atoms with Gasteiger partial charge >= 0.3 is 0 Å². The van der Waals surface area contributed by atoms with Crippen molar-refractivity contribution in [2.24, 2.45) is 0 Å². The van der Waals surface area contributed by atoms with Gasteiger partial charge < -0.3 is 13.3 Å². The number of benzene rings is 27. The van der Waals surface area contributed by atoms with Gasteiger partial charge in [-0.3, -0.25) is 0 Å². The van der Waals surface area contributed by atoms with Crippen molar-refractivity contribution in [2.75, 3.05) is 0 Å². The second-order valence-electron chi connectivity index (χ2n) is 37.8. The molecular weight excluding hydrogens is 1730 g/mol. The monoisotopic (exact) mass is 1810 g/mol. The van der Waals surface area contributed by atoms with Crippen LogP contribution in [0.3, 0.4) is 0 Å². The van der Waals surface area contributed by atoms with Crippen LogP contribution in [-0.4, -0.2) is 0 Å². The maximum Gasteiger partial charge on any atom is 0.143 e. The molecule has 143 heavy (non-hydrogen) atoms. The van der Waals surface area contributed by atoms with Crippen molar-refractivity contribution in [1.29, 1.82) is 0 Å². The average molecular weight is 1820 g/mol. The van der Waals surface area contributed by atoms with Gasteiger partial charge in [0, 0.05) is 37.7 Å². The Morgan fingerprint density at radius 3 is 0.804 bits per heavy atom. The van der Waals surface area contributed by atoms with Crippen molar-refractivity contribution < 1.29 is 13.3 Å². The zero-order valence-corrected chi connectivity index (χ0v) is 77.9. The lowest BCUT2D eigenvalue weighted by Crippen LogP contribution is -1.91. The summed E-state index contributed by atoms with van der Waals surface area (Å²) in [5.74, 6) is 0. The van der Waals surface area contributed by atoms with Crippen molar-refractivity contribution in [3.8, 4) is 111 Å². The summed E-state index contributed by atoms with van der Waals surface area (Å²) >= 11 is 0. The van der Waals surface area contributed by atoms with E-state index in [-0.39, 0.29) is 0 Å². The van der Waals surface area contributed by atoms with E-state index in [1.54, 1.807) is 0 Å². The summed E-state index contributed by atoms with van der Waals surface area (Å²) in [5, 5.41) is 34.2. The van der Waals surface area contributed by atoms with Gasteiger partial charge in [0.2, 0.25) is 0 Å². The maximum absolute atomic E-state index is 6.45. The fourth-order valence-corrected chi connectivity index (χ4v) is 23.0. The molecule has 0 unspecified atom stereocenters. The predicted molar refractivity (Wildman–Crippen MR) is 608 cm³/mol. The molecule has 30 aromatic rings.